The van der Waals surface area contributed by atoms with Gasteiger partial charge < -0.3 is 10.2 Å². The van der Waals surface area contributed by atoms with Crippen LogP contribution in [0.5, 0.6) is 5.88 Å². The van der Waals surface area contributed by atoms with Gasteiger partial charge in [-0.1, -0.05) is 18.2 Å². The third-order valence-electron chi connectivity index (χ3n) is 3.53. The van der Waals surface area contributed by atoms with Crippen molar-refractivity contribution in [2.45, 2.75) is 20.6 Å². The Kier molecular flexibility index (Phi) is 2.95. The van der Waals surface area contributed by atoms with Gasteiger partial charge in [0.1, 0.15) is 6.73 Å². The number of allylic oxidation sites excluding steroid dienone is 2. The van der Waals surface area contributed by atoms with E-state index in [1.165, 1.54) is 4.57 Å². The summed E-state index contributed by atoms with van der Waals surface area (Å²) in [7, 11) is 0. The van der Waals surface area contributed by atoms with Crippen LogP contribution in [0, 0.1) is 0 Å². The minimum absolute atomic E-state index is 0.0637. The fourth-order valence-electron chi connectivity index (χ4n) is 2.58. The molecule has 0 unspecified atom stereocenters. The predicted octanol–water partition coefficient (Wildman–Crippen LogP) is 3.06. The third-order valence-corrected chi connectivity index (χ3v) is 3.53. The molecule has 0 aliphatic carbocycles. The van der Waals surface area contributed by atoms with E-state index in [0.29, 0.717) is 5.56 Å². The van der Waals surface area contributed by atoms with Crippen LogP contribution < -0.4 is 0 Å². The van der Waals surface area contributed by atoms with Crippen LogP contribution in [0.15, 0.2) is 46.6 Å². The van der Waals surface area contributed by atoms with Crippen LogP contribution in [0.25, 0.3) is 17.0 Å². The predicted molar refractivity (Wildman–Crippen MR) is 80.7 cm³/mol. The molecule has 2 aromatic rings. The van der Waals surface area contributed by atoms with E-state index >= 15 is 0 Å². The van der Waals surface area contributed by atoms with Gasteiger partial charge in [-0.25, -0.2) is 0 Å². The number of hydrogen-bond acceptors (Lipinski definition) is 3. The van der Waals surface area contributed by atoms with E-state index in [1.807, 2.05) is 50.3 Å². The van der Waals surface area contributed by atoms with E-state index in [0.717, 1.165) is 27.9 Å². The number of aromatic nitrogens is 1. The summed E-state index contributed by atoms with van der Waals surface area (Å²) in [5.41, 5.74) is 4.37. The number of para-hydroxylation sites is 1. The van der Waals surface area contributed by atoms with Crippen LogP contribution in [-0.4, -0.2) is 20.5 Å². The molecule has 20 heavy (non-hydrogen) atoms. The molecule has 0 bridgehead atoms. The van der Waals surface area contributed by atoms with Crippen molar-refractivity contribution in [3.05, 3.63) is 47.2 Å². The van der Waals surface area contributed by atoms with Crippen molar-refractivity contribution in [2.24, 2.45) is 4.99 Å². The van der Waals surface area contributed by atoms with E-state index in [-0.39, 0.29) is 12.6 Å². The first kappa shape index (κ1) is 12.7. The van der Waals surface area contributed by atoms with Gasteiger partial charge in [0.05, 0.1) is 11.2 Å². The Bertz CT molecular complexity index is 779. The van der Waals surface area contributed by atoms with Crippen LogP contribution in [0.1, 0.15) is 19.4 Å². The molecular weight excluding hydrogens is 252 g/mol. The monoisotopic (exact) mass is 268 g/mol. The van der Waals surface area contributed by atoms with E-state index in [2.05, 4.69) is 4.99 Å². The fraction of sp³-hybridized carbons (Fsp3) is 0.188. The minimum Gasteiger partial charge on any atom is -0.494 e. The van der Waals surface area contributed by atoms with Crippen LogP contribution in [0.2, 0.25) is 0 Å². The molecule has 1 aliphatic heterocycles. The van der Waals surface area contributed by atoms with Gasteiger partial charge in [0.15, 0.2) is 0 Å². The standard InChI is InChI=1S/C16H16N2O2/c1-10-7-11(2)17-14(10)8-13-12-5-3-4-6-15(12)18(9-19)16(13)20/h3-8,19-20H,9H2,1-2H3/b14-8-. The van der Waals surface area contributed by atoms with E-state index in [4.69, 9.17) is 0 Å². The third kappa shape index (κ3) is 1.85. The molecule has 1 aromatic heterocycles. The number of aliphatic imine (C=N–C) groups is 1. The summed E-state index contributed by atoms with van der Waals surface area (Å²) in [4.78, 5) is 4.45. The highest BCUT2D eigenvalue weighted by Crippen LogP contribution is 2.34. The van der Waals surface area contributed by atoms with Gasteiger partial charge in [0.2, 0.25) is 5.88 Å². The summed E-state index contributed by atoms with van der Waals surface area (Å²) in [6.45, 7) is 3.68. The second-order valence-corrected chi connectivity index (χ2v) is 4.93. The number of aliphatic hydroxyl groups excluding tert-OH is 1. The molecule has 0 saturated carbocycles. The maximum atomic E-state index is 10.3. The van der Waals surface area contributed by atoms with Crippen LogP contribution in [0.4, 0.5) is 0 Å². The second kappa shape index (κ2) is 4.65. The molecule has 1 aromatic carbocycles. The zero-order chi connectivity index (χ0) is 14.3. The molecule has 0 radical (unpaired) electrons. The van der Waals surface area contributed by atoms with Crippen molar-refractivity contribution in [1.29, 1.82) is 0 Å². The lowest BCUT2D eigenvalue weighted by Crippen LogP contribution is -1.94. The number of nitrogens with zero attached hydrogens (tertiary/aromatic N) is 2. The lowest BCUT2D eigenvalue weighted by Gasteiger charge is -2.01. The Morgan fingerprint density at radius 1 is 1.25 bits per heavy atom. The van der Waals surface area contributed by atoms with E-state index in [1.54, 1.807) is 0 Å². The lowest BCUT2D eigenvalue weighted by atomic mass is 10.1. The SMILES string of the molecule is CC1=CC(C)=N/C1=C\c1c(O)n(CO)c2ccccc12. The molecule has 0 spiro atoms. The maximum Gasteiger partial charge on any atom is 0.201 e. The highest BCUT2D eigenvalue weighted by Gasteiger charge is 2.16. The smallest absolute Gasteiger partial charge is 0.201 e. The van der Waals surface area contributed by atoms with Crippen molar-refractivity contribution in [3.8, 4) is 5.88 Å². The summed E-state index contributed by atoms with van der Waals surface area (Å²) in [6, 6.07) is 7.60. The Morgan fingerprint density at radius 2 is 2.00 bits per heavy atom. The second-order valence-electron chi connectivity index (χ2n) is 4.93. The maximum absolute atomic E-state index is 10.3. The van der Waals surface area contributed by atoms with Crippen molar-refractivity contribution in [1.82, 2.24) is 4.57 Å². The first-order valence-corrected chi connectivity index (χ1v) is 6.48. The molecule has 4 heteroatoms. The molecule has 0 fully saturated rings. The Morgan fingerprint density at radius 3 is 2.65 bits per heavy atom. The highest BCUT2D eigenvalue weighted by atomic mass is 16.3. The zero-order valence-corrected chi connectivity index (χ0v) is 11.5. The number of rotatable bonds is 2. The first-order valence-electron chi connectivity index (χ1n) is 6.48. The number of aliphatic hydroxyl groups is 1. The van der Waals surface area contributed by atoms with Gasteiger partial charge in [0.25, 0.3) is 0 Å². The van der Waals surface area contributed by atoms with Crippen molar-refractivity contribution in [3.63, 3.8) is 0 Å². The van der Waals surface area contributed by atoms with E-state index in [9.17, 15) is 10.2 Å². The number of hydrogen-bond donors (Lipinski definition) is 2. The van der Waals surface area contributed by atoms with Gasteiger partial charge in [-0.05, 0) is 37.6 Å². The van der Waals surface area contributed by atoms with Gasteiger partial charge in [-0.2, -0.15) is 0 Å². The molecule has 0 amide bonds. The van der Waals surface area contributed by atoms with Gasteiger partial charge in [-0.3, -0.25) is 9.56 Å². The number of fused-ring (bicyclic) bond motifs is 1. The molecule has 1 aliphatic rings. The minimum atomic E-state index is -0.257. The molecule has 0 atom stereocenters. The Balaban J connectivity index is 2.25. The summed E-state index contributed by atoms with van der Waals surface area (Å²) >= 11 is 0. The average Bonchev–Trinajstić information content (AvgIpc) is 2.88. The quantitative estimate of drug-likeness (QED) is 0.879. The number of benzene rings is 1. The molecular formula is C16H16N2O2. The zero-order valence-electron chi connectivity index (χ0n) is 11.5. The molecule has 0 saturated heterocycles. The van der Waals surface area contributed by atoms with Gasteiger partial charge in [0, 0.05) is 16.7 Å². The highest BCUT2D eigenvalue weighted by molar-refractivity contribution is 6.00. The fourth-order valence-corrected chi connectivity index (χ4v) is 2.58. The van der Waals surface area contributed by atoms with Crippen LogP contribution in [0.3, 0.4) is 0 Å². The number of aromatic hydroxyl groups is 1. The summed E-state index contributed by atoms with van der Waals surface area (Å²) in [6.07, 6.45) is 3.88. The molecule has 3 rings (SSSR count). The average molecular weight is 268 g/mol. The molecule has 2 N–H and O–H groups in total. The normalized spacial score (nSPS) is 16.9. The molecule has 102 valence electrons. The topological polar surface area (TPSA) is 57.8 Å². The Labute approximate surface area is 117 Å². The Hall–Kier alpha value is -2.33. The van der Waals surface area contributed by atoms with Crippen molar-refractivity contribution in [2.75, 3.05) is 0 Å². The van der Waals surface area contributed by atoms with Crippen LogP contribution >= 0.6 is 0 Å². The first-order chi connectivity index (χ1) is 9.61. The largest absolute Gasteiger partial charge is 0.494 e. The summed E-state index contributed by atoms with van der Waals surface area (Å²) in [5.74, 6) is 0.0637. The van der Waals surface area contributed by atoms with Crippen LogP contribution in [-0.2, 0) is 6.73 Å². The molecule has 2 heterocycles. The molecule has 4 nitrogen and oxygen atoms in total. The van der Waals surface area contributed by atoms with E-state index < -0.39 is 0 Å². The summed E-state index contributed by atoms with van der Waals surface area (Å²) in [5, 5.41) is 20.6. The summed E-state index contributed by atoms with van der Waals surface area (Å²) < 4.78 is 1.48. The van der Waals surface area contributed by atoms with Crippen molar-refractivity contribution >= 4 is 22.7 Å². The van der Waals surface area contributed by atoms with Crippen molar-refractivity contribution < 1.29 is 10.2 Å². The lowest BCUT2D eigenvalue weighted by molar-refractivity contribution is 0.201. The van der Waals surface area contributed by atoms with Gasteiger partial charge >= 0.3 is 0 Å². The van der Waals surface area contributed by atoms with Gasteiger partial charge in [-0.15, -0.1) is 0 Å².